The van der Waals surface area contributed by atoms with E-state index in [1.807, 2.05) is 6.92 Å². The van der Waals surface area contributed by atoms with E-state index in [4.69, 9.17) is 22.7 Å². The molecule has 0 aromatic heterocycles. The van der Waals surface area contributed by atoms with Crippen molar-refractivity contribution in [1.29, 1.82) is 0 Å². The Morgan fingerprint density at radius 1 is 1.15 bits per heavy atom. The van der Waals surface area contributed by atoms with Gasteiger partial charge in [0.15, 0.2) is 0 Å². The Morgan fingerprint density at radius 3 is 2.46 bits per heavy atom. The van der Waals surface area contributed by atoms with Gasteiger partial charge in [-0.15, -0.1) is 0 Å². The number of phenols is 1. The topological polar surface area (TPSA) is 89.6 Å². The summed E-state index contributed by atoms with van der Waals surface area (Å²) in [5.74, 6) is -0.489. The molecule has 0 aliphatic heterocycles. The standard InChI is InChI=1S/C20H21NO4S/c1-2-3-4-15(22)11-13-5-10-18(23)17(12-13)20(24)25-16-8-6-14(7-9-16)19(21)26/h5-10,12,23H,2-4,11H2,1H3,(H2,21,26). The fourth-order valence-corrected chi connectivity index (χ4v) is 2.53. The van der Waals surface area contributed by atoms with Gasteiger partial charge < -0.3 is 15.6 Å². The second-order valence-corrected chi connectivity index (χ2v) is 6.39. The molecule has 6 heteroatoms. The van der Waals surface area contributed by atoms with E-state index >= 15 is 0 Å². The number of hydrogen-bond acceptors (Lipinski definition) is 5. The number of carbonyl (C=O) groups is 2. The predicted octanol–water partition coefficient (Wildman–Crippen LogP) is 3.55. The highest BCUT2D eigenvalue weighted by Gasteiger charge is 2.16. The smallest absolute Gasteiger partial charge is 0.347 e. The first-order valence-corrected chi connectivity index (χ1v) is 8.77. The molecule has 0 fully saturated rings. The lowest BCUT2D eigenvalue weighted by Gasteiger charge is -2.09. The molecule has 2 rings (SSSR count). The van der Waals surface area contributed by atoms with Crippen LogP contribution < -0.4 is 10.5 Å². The van der Waals surface area contributed by atoms with Crippen LogP contribution in [0.15, 0.2) is 42.5 Å². The number of Topliss-reactive ketones (excluding diaryl/α,β-unsaturated/α-hetero) is 1. The number of ketones is 1. The average Bonchev–Trinajstić information content (AvgIpc) is 2.62. The summed E-state index contributed by atoms with van der Waals surface area (Å²) in [5.41, 5.74) is 6.87. The van der Waals surface area contributed by atoms with Crippen molar-refractivity contribution in [3.8, 4) is 11.5 Å². The van der Waals surface area contributed by atoms with Crippen LogP contribution in [0.5, 0.6) is 11.5 Å². The summed E-state index contributed by atoms with van der Waals surface area (Å²) in [6.07, 6.45) is 2.52. The number of phenolic OH excluding ortho intramolecular Hbond substituents is 1. The predicted molar refractivity (Wildman–Crippen MR) is 104 cm³/mol. The highest BCUT2D eigenvalue weighted by atomic mass is 32.1. The van der Waals surface area contributed by atoms with Crippen molar-refractivity contribution in [2.24, 2.45) is 5.73 Å². The lowest BCUT2D eigenvalue weighted by atomic mass is 10.0. The van der Waals surface area contributed by atoms with Crippen molar-refractivity contribution in [2.75, 3.05) is 0 Å². The van der Waals surface area contributed by atoms with E-state index in [0.29, 0.717) is 23.3 Å². The molecular formula is C20H21NO4S. The summed E-state index contributed by atoms with van der Waals surface area (Å²) < 4.78 is 5.27. The van der Waals surface area contributed by atoms with E-state index < -0.39 is 5.97 Å². The van der Waals surface area contributed by atoms with Crippen LogP contribution in [0.2, 0.25) is 0 Å². The lowest BCUT2D eigenvalue weighted by molar-refractivity contribution is -0.118. The van der Waals surface area contributed by atoms with E-state index in [2.05, 4.69) is 0 Å². The molecule has 0 aliphatic carbocycles. The molecule has 0 saturated carbocycles. The summed E-state index contributed by atoms with van der Waals surface area (Å²) >= 11 is 4.87. The minimum absolute atomic E-state index is 0.0178. The van der Waals surface area contributed by atoms with Gasteiger partial charge in [-0.3, -0.25) is 4.79 Å². The molecule has 0 unspecified atom stereocenters. The van der Waals surface area contributed by atoms with E-state index in [1.165, 1.54) is 12.1 Å². The first-order valence-electron chi connectivity index (χ1n) is 8.36. The Labute approximate surface area is 157 Å². The molecule has 5 nitrogen and oxygen atoms in total. The fraction of sp³-hybridized carbons (Fsp3) is 0.250. The maximum absolute atomic E-state index is 12.3. The average molecular weight is 371 g/mol. The number of rotatable bonds is 8. The van der Waals surface area contributed by atoms with Crippen LogP contribution in [0.1, 0.15) is 47.7 Å². The van der Waals surface area contributed by atoms with Gasteiger partial charge in [0.25, 0.3) is 0 Å². The molecule has 0 aliphatic rings. The molecule has 0 spiro atoms. The Bertz CT molecular complexity index is 815. The maximum Gasteiger partial charge on any atom is 0.347 e. The summed E-state index contributed by atoms with van der Waals surface area (Å²) in [7, 11) is 0. The van der Waals surface area contributed by atoms with Crippen LogP contribution >= 0.6 is 12.2 Å². The third-order valence-electron chi connectivity index (χ3n) is 3.84. The van der Waals surface area contributed by atoms with Crippen LogP contribution in [0.25, 0.3) is 0 Å². The molecule has 0 radical (unpaired) electrons. The van der Waals surface area contributed by atoms with Gasteiger partial charge in [-0.1, -0.05) is 31.6 Å². The number of ether oxygens (including phenoxy) is 1. The lowest BCUT2D eigenvalue weighted by Crippen LogP contribution is -2.11. The van der Waals surface area contributed by atoms with Crippen LogP contribution in [0, 0.1) is 0 Å². The van der Waals surface area contributed by atoms with Gasteiger partial charge in [0.1, 0.15) is 27.8 Å². The van der Waals surface area contributed by atoms with Crippen molar-refractivity contribution in [3.63, 3.8) is 0 Å². The van der Waals surface area contributed by atoms with E-state index in [0.717, 1.165) is 12.8 Å². The Hall–Kier alpha value is -2.73. The zero-order valence-electron chi connectivity index (χ0n) is 14.5. The summed E-state index contributed by atoms with van der Waals surface area (Å²) in [5, 5.41) is 9.96. The van der Waals surface area contributed by atoms with Crippen molar-refractivity contribution in [1.82, 2.24) is 0 Å². The second kappa shape index (κ2) is 9.10. The summed E-state index contributed by atoms with van der Waals surface area (Å²) in [4.78, 5) is 24.5. The monoisotopic (exact) mass is 371 g/mol. The number of unbranched alkanes of at least 4 members (excludes halogenated alkanes) is 1. The molecule has 26 heavy (non-hydrogen) atoms. The van der Waals surface area contributed by atoms with Crippen LogP contribution in [-0.4, -0.2) is 21.8 Å². The normalized spacial score (nSPS) is 10.3. The number of benzene rings is 2. The maximum atomic E-state index is 12.3. The Kier molecular flexibility index (Phi) is 6.86. The van der Waals surface area contributed by atoms with Gasteiger partial charge in [-0.2, -0.15) is 0 Å². The van der Waals surface area contributed by atoms with E-state index in [9.17, 15) is 14.7 Å². The third kappa shape index (κ3) is 5.39. The van der Waals surface area contributed by atoms with E-state index in [-0.39, 0.29) is 28.5 Å². The summed E-state index contributed by atoms with van der Waals surface area (Å²) in [6, 6.07) is 11.0. The molecule has 2 aromatic rings. The van der Waals surface area contributed by atoms with Gasteiger partial charge in [0.2, 0.25) is 0 Å². The molecule has 0 heterocycles. The molecule has 0 bridgehead atoms. The zero-order valence-corrected chi connectivity index (χ0v) is 15.3. The molecular weight excluding hydrogens is 350 g/mol. The molecule has 0 atom stereocenters. The number of thiocarbonyl (C=S) groups is 1. The molecule has 0 amide bonds. The highest BCUT2D eigenvalue weighted by Crippen LogP contribution is 2.22. The number of nitrogens with two attached hydrogens (primary N) is 1. The van der Waals surface area contributed by atoms with Gasteiger partial charge in [-0.25, -0.2) is 4.79 Å². The third-order valence-corrected chi connectivity index (χ3v) is 4.08. The second-order valence-electron chi connectivity index (χ2n) is 5.95. The number of aromatic hydroxyl groups is 1. The number of hydrogen-bond donors (Lipinski definition) is 2. The molecule has 3 N–H and O–H groups in total. The minimum Gasteiger partial charge on any atom is -0.507 e. The van der Waals surface area contributed by atoms with Crippen LogP contribution in [0.4, 0.5) is 0 Å². The molecule has 136 valence electrons. The summed E-state index contributed by atoms with van der Waals surface area (Å²) in [6.45, 7) is 2.02. The SMILES string of the molecule is CCCCC(=O)Cc1ccc(O)c(C(=O)Oc2ccc(C(N)=S)cc2)c1. The Balaban J connectivity index is 2.11. The number of esters is 1. The largest absolute Gasteiger partial charge is 0.507 e. The molecule has 0 saturated heterocycles. The van der Waals surface area contributed by atoms with E-state index in [1.54, 1.807) is 30.3 Å². The van der Waals surface area contributed by atoms with Crippen molar-refractivity contribution < 1.29 is 19.4 Å². The number of carbonyl (C=O) groups excluding carboxylic acids is 2. The first kappa shape index (κ1) is 19.6. The van der Waals surface area contributed by atoms with Gasteiger partial charge >= 0.3 is 5.97 Å². The zero-order chi connectivity index (χ0) is 19.1. The van der Waals surface area contributed by atoms with Gasteiger partial charge in [0.05, 0.1) is 0 Å². The van der Waals surface area contributed by atoms with Crippen molar-refractivity contribution in [2.45, 2.75) is 32.6 Å². The van der Waals surface area contributed by atoms with Gasteiger partial charge in [0, 0.05) is 18.4 Å². The fourth-order valence-electron chi connectivity index (χ4n) is 2.40. The quantitative estimate of drug-likeness (QED) is 0.419. The van der Waals surface area contributed by atoms with Crippen molar-refractivity contribution >= 4 is 29.0 Å². The minimum atomic E-state index is -0.701. The van der Waals surface area contributed by atoms with Crippen LogP contribution in [0.3, 0.4) is 0 Å². The highest BCUT2D eigenvalue weighted by molar-refractivity contribution is 7.80. The Morgan fingerprint density at radius 2 is 1.85 bits per heavy atom. The van der Waals surface area contributed by atoms with Gasteiger partial charge in [-0.05, 0) is 48.4 Å². The first-order chi connectivity index (χ1) is 12.4. The van der Waals surface area contributed by atoms with Crippen LogP contribution in [-0.2, 0) is 11.2 Å². The molecule has 2 aromatic carbocycles. The van der Waals surface area contributed by atoms with Crippen molar-refractivity contribution in [3.05, 3.63) is 59.2 Å².